The maximum Gasteiger partial charge on any atom is 0.418 e. The Morgan fingerprint density at radius 2 is 1.86 bits per heavy atom. The first-order chi connectivity index (χ1) is 20.2. The van der Waals surface area contributed by atoms with Gasteiger partial charge in [-0.3, -0.25) is 9.69 Å². The first-order valence-electron chi connectivity index (χ1n) is 13.2. The quantitative estimate of drug-likeness (QED) is 0.199. The number of alkyl halides is 3. The highest BCUT2D eigenvalue weighted by Crippen LogP contribution is 2.37. The third-order valence-corrected chi connectivity index (χ3v) is 6.83. The van der Waals surface area contributed by atoms with Crippen molar-refractivity contribution in [2.75, 3.05) is 15.5 Å². The van der Waals surface area contributed by atoms with E-state index in [1.54, 1.807) is 54.7 Å². The van der Waals surface area contributed by atoms with E-state index in [0.29, 0.717) is 35.3 Å². The van der Waals surface area contributed by atoms with Crippen LogP contribution in [-0.2, 0) is 6.18 Å². The van der Waals surface area contributed by atoms with Crippen molar-refractivity contribution in [2.24, 2.45) is 0 Å². The molecule has 5 aromatic rings. The molecule has 13 heteroatoms. The van der Waals surface area contributed by atoms with Crippen molar-refractivity contribution in [3.63, 3.8) is 0 Å². The van der Waals surface area contributed by atoms with Gasteiger partial charge in [-0.1, -0.05) is 6.07 Å². The summed E-state index contributed by atoms with van der Waals surface area (Å²) in [7, 11) is 0. The molecule has 0 spiro atoms. The molecule has 2 aromatic carbocycles. The fourth-order valence-corrected chi connectivity index (χ4v) is 4.56. The van der Waals surface area contributed by atoms with Crippen molar-refractivity contribution in [1.29, 1.82) is 0 Å². The van der Waals surface area contributed by atoms with Crippen LogP contribution in [0.5, 0.6) is 0 Å². The molecule has 1 fully saturated rings. The SMILES string of the molecule is Cc1ccc(C(=O)Nc2ccc(-n3ccnc3C)c(C(F)(F)F)c2)cc1N(c1ccnc(NC2CC2)n1)c1ncc[nH]1. The van der Waals surface area contributed by atoms with Crippen molar-refractivity contribution in [2.45, 2.75) is 38.9 Å². The number of halogens is 3. The van der Waals surface area contributed by atoms with Crippen LogP contribution in [0.2, 0.25) is 0 Å². The third-order valence-electron chi connectivity index (χ3n) is 6.83. The van der Waals surface area contributed by atoms with Crippen LogP contribution in [0, 0.1) is 13.8 Å². The number of amides is 1. The summed E-state index contributed by atoms with van der Waals surface area (Å²) < 4.78 is 43.4. The number of benzene rings is 2. The lowest BCUT2D eigenvalue weighted by Crippen LogP contribution is -2.18. The number of carbonyl (C=O) groups is 1. The summed E-state index contributed by atoms with van der Waals surface area (Å²) in [6, 6.07) is 10.8. The van der Waals surface area contributed by atoms with Crippen LogP contribution >= 0.6 is 0 Å². The third kappa shape index (κ3) is 5.53. The number of aromatic nitrogens is 6. The molecular formula is C29H26F3N9O. The van der Waals surface area contributed by atoms with E-state index in [1.165, 1.54) is 29.1 Å². The van der Waals surface area contributed by atoms with Gasteiger partial charge in [-0.25, -0.2) is 15.0 Å². The first kappa shape index (κ1) is 27.0. The fraction of sp³-hybridized carbons (Fsp3) is 0.207. The van der Waals surface area contributed by atoms with Crippen molar-refractivity contribution in [3.8, 4) is 5.69 Å². The number of nitrogens with one attached hydrogen (secondary N) is 3. The average Bonchev–Trinajstić information content (AvgIpc) is 3.41. The number of aryl methyl sites for hydroxylation is 2. The number of hydrogen-bond acceptors (Lipinski definition) is 7. The summed E-state index contributed by atoms with van der Waals surface area (Å²) >= 11 is 0. The van der Waals surface area contributed by atoms with Crippen molar-refractivity contribution >= 4 is 35.0 Å². The Kier molecular flexibility index (Phi) is 6.85. The monoisotopic (exact) mass is 573 g/mol. The molecule has 0 aliphatic heterocycles. The van der Waals surface area contributed by atoms with Crippen LogP contribution in [0.1, 0.15) is 40.2 Å². The van der Waals surface area contributed by atoms with Gasteiger partial charge in [-0.15, -0.1) is 0 Å². The van der Waals surface area contributed by atoms with Crippen molar-refractivity contribution in [1.82, 2.24) is 29.5 Å². The largest absolute Gasteiger partial charge is 0.418 e. The molecule has 0 radical (unpaired) electrons. The molecule has 0 atom stereocenters. The Morgan fingerprint density at radius 1 is 1.02 bits per heavy atom. The number of rotatable bonds is 8. The minimum Gasteiger partial charge on any atom is -0.351 e. The Balaban J connectivity index is 1.33. The van der Waals surface area contributed by atoms with Gasteiger partial charge in [0, 0.05) is 54.3 Å². The van der Waals surface area contributed by atoms with E-state index >= 15 is 0 Å². The predicted octanol–water partition coefficient (Wildman–Crippen LogP) is 6.32. The molecule has 42 heavy (non-hydrogen) atoms. The van der Waals surface area contributed by atoms with Crippen LogP contribution in [0.4, 0.5) is 42.3 Å². The number of aromatic amines is 1. The summed E-state index contributed by atoms with van der Waals surface area (Å²) in [6.45, 7) is 3.49. The molecule has 1 amide bonds. The molecule has 0 unspecified atom stereocenters. The molecule has 10 nitrogen and oxygen atoms in total. The van der Waals surface area contributed by atoms with E-state index in [9.17, 15) is 18.0 Å². The number of nitrogens with zero attached hydrogens (tertiary/aromatic N) is 6. The van der Waals surface area contributed by atoms with Gasteiger partial charge in [0.1, 0.15) is 11.6 Å². The smallest absolute Gasteiger partial charge is 0.351 e. The molecule has 0 saturated heterocycles. The van der Waals surface area contributed by atoms with Crippen LogP contribution < -0.4 is 15.5 Å². The number of imidazole rings is 2. The topological polar surface area (TPSA) is 117 Å². The molecule has 3 heterocycles. The van der Waals surface area contributed by atoms with Gasteiger partial charge in [0.25, 0.3) is 5.91 Å². The highest BCUT2D eigenvalue weighted by atomic mass is 19.4. The first-order valence-corrected chi connectivity index (χ1v) is 13.2. The number of carbonyl (C=O) groups excluding carboxylic acids is 1. The average molecular weight is 574 g/mol. The number of anilines is 5. The van der Waals surface area contributed by atoms with Crippen LogP contribution in [-0.4, -0.2) is 41.4 Å². The summed E-state index contributed by atoms with van der Waals surface area (Å²) in [4.78, 5) is 35.6. The van der Waals surface area contributed by atoms with E-state index in [4.69, 9.17) is 0 Å². The van der Waals surface area contributed by atoms with E-state index < -0.39 is 17.6 Å². The van der Waals surface area contributed by atoms with Gasteiger partial charge in [-0.05, 0) is 62.6 Å². The second-order valence-electron chi connectivity index (χ2n) is 9.93. The number of H-pyrrole nitrogens is 1. The molecule has 0 bridgehead atoms. The molecule has 6 rings (SSSR count). The number of hydrogen-bond donors (Lipinski definition) is 3. The molecule has 1 aliphatic rings. The highest BCUT2D eigenvalue weighted by molar-refractivity contribution is 6.05. The lowest BCUT2D eigenvalue weighted by atomic mass is 10.1. The van der Waals surface area contributed by atoms with Gasteiger partial charge in [-0.2, -0.15) is 18.2 Å². The minimum atomic E-state index is -4.65. The Labute approximate surface area is 238 Å². The van der Waals surface area contributed by atoms with Crippen LogP contribution in [0.25, 0.3) is 5.69 Å². The van der Waals surface area contributed by atoms with Gasteiger partial charge < -0.3 is 20.2 Å². The van der Waals surface area contributed by atoms with E-state index in [2.05, 4.69) is 35.6 Å². The highest BCUT2D eigenvalue weighted by Gasteiger charge is 2.35. The van der Waals surface area contributed by atoms with E-state index in [0.717, 1.165) is 24.5 Å². The van der Waals surface area contributed by atoms with Gasteiger partial charge in [0.15, 0.2) is 0 Å². The lowest BCUT2D eigenvalue weighted by Gasteiger charge is -2.24. The van der Waals surface area contributed by atoms with Crippen molar-refractivity contribution < 1.29 is 18.0 Å². The van der Waals surface area contributed by atoms with Gasteiger partial charge in [0.05, 0.1) is 16.9 Å². The maximum atomic E-state index is 14.0. The molecule has 1 saturated carbocycles. The van der Waals surface area contributed by atoms with Crippen LogP contribution in [0.3, 0.4) is 0 Å². The molecule has 3 aromatic heterocycles. The van der Waals surface area contributed by atoms with E-state index in [1.807, 2.05) is 6.92 Å². The second kappa shape index (κ2) is 10.7. The molecular weight excluding hydrogens is 547 g/mol. The predicted molar refractivity (Wildman–Crippen MR) is 151 cm³/mol. The zero-order valence-corrected chi connectivity index (χ0v) is 22.6. The lowest BCUT2D eigenvalue weighted by molar-refractivity contribution is -0.137. The van der Waals surface area contributed by atoms with Gasteiger partial charge in [0.2, 0.25) is 11.9 Å². The van der Waals surface area contributed by atoms with E-state index in [-0.39, 0.29) is 16.9 Å². The van der Waals surface area contributed by atoms with Gasteiger partial charge >= 0.3 is 6.18 Å². The Bertz CT molecular complexity index is 1740. The molecule has 3 N–H and O–H groups in total. The Morgan fingerprint density at radius 3 is 2.55 bits per heavy atom. The fourth-order valence-electron chi connectivity index (χ4n) is 4.56. The maximum absolute atomic E-state index is 14.0. The zero-order valence-electron chi connectivity index (χ0n) is 22.6. The Hall–Kier alpha value is -5.20. The molecule has 214 valence electrons. The van der Waals surface area contributed by atoms with Crippen LogP contribution in [0.15, 0.2) is 73.4 Å². The summed E-state index contributed by atoms with van der Waals surface area (Å²) in [6.07, 6.45) is 5.26. The summed E-state index contributed by atoms with van der Waals surface area (Å²) in [5, 5.41) is 5.90. The summed E-state index contributed by atoms with van der Waals surface area (Å²) in [5.74, 6) is 1.29. The molecule has 1 aliphatic carbocycles. The standard InChI is InChI=1S/C29H26F3N9O/c1-17-3-4-19(26(42)37-21-7-8-23(22(16-21)29(30,31)32)40-14-13-33-18(40)2)15-24(17)41(28-35-11-12-36-28)25-9-10-34-27(39-25)38-20-5-6-20/h3-4,7-16,20H,5-6H2,1-2H3,(H,35,36)(H,37,42)(H,34,38,39). The zero-order chi connectivity index (χ0) is 29.4. The van der Waals surface area contributed by atoms with Crippen molar-refractivity contribution in [3.05, 3.63) is 96.0 Å². The second-order valence-corrected chi connectivity index (χ2v) is 9.93. The summed E-state index contributed by atoms with van der Waals surface area (Å²) in [5.41, 5.74) is 0.691. The minimum absolute atomic E-state index is 0.00505. The normalized spacial score (nSPS) is 13.2.